The SMILES string of the molecule is O=C(CC12CC3CC(CC(C3)C1)C2)NCC(=O)Nc1ccc(NC(=O)N2CCCCCC2)cc1. The summed E-state index contributed by atoms with van der Waals surface area (Å²) in [5, 5.41) is 8.61. The molecule has 1 aliphatic heterocycles. The van der Waals surface area contributed by atoms with Crippen LogP contribution < -0.4 is 16.0 Å². The summed E-state index contributed by atoms with van der Waals surface area (Å²) in [7, 11) is 0. The number of carbonyl (C=O) groups is 3. The molecule has 1 aromatic carbocycles. The van der Waals surface area contributed by atoms with Crippen molar-refractivity contribution in [2.24, 2.45) is 23.2 Å². The summed E-state index contributed by atoms with van der Waals surface area (Å²) in [6.45, 7) is 1.59. The van der Waals surface area contributed by atoms with Crippen molar-refractivity contribution in [3.05, 3.63) is 24.3 Å². The van der Waals surface area contributed by atoms with E-state index in [2.05, 4.69) is 16.0 Å². The van der Waals surface area contributed by atoms with E-state index in [1.54, 1.807) is 24.3 Å². The lowest BCUT2D eigenvalue weighted by atomic mass is 9.49. The van der Waals surface area contributed by atoms with E-state index >= 15 is 0 Å². The molecule has 6 rings (SSSR count). The van der Waals surface area contributed by atoms with E-state index in [0.29, 0.717) is 17.8 Å². The number of benzene rings is 1. The number of nitrogens with zero attached hydrogens (tertiary/aromatic N) is 1. The first kappa shape index (κ1) is 23.2. The van der Waals surface area contributed by atoms with Crippen LogP contribution in [-0.4, -0.2) is 42.4 Å². The maximum atomic E-state index is 12.6. The Labute approximate surface area is 202 Å². The average molecular weight is 467 g/mol. The summed E-state index contributed by atoms with van der Waals surface area (Å²) >= 11 is 0. The lowest BCUT2D eigenvalue weighted by molar-refractivity contribution is -0.131. The van der Waals surface area contributed by atoms with Gasteiger partial charge in [0.05, 0.1) is 6.54 Å². The standard InChI is InChI=1S/C27H38N4O3/c32-24(17-27-14-19-11-20(15-27)13-21(12-19)16-27)28-18-25(33)29-22-5-7-23(8-6-22)30-26(34)31-9-3-1-2-4-10-31/h5-8,19-21H,1-4,9-18H2,(H,28,32)(H,29,33)(H,30,34). The fourth-order valence-electron chi connectivity index (χ4n) is 7.41. The number of nitrogens with one attached hydrogen (secondary N) is 3. The van der Waals surface area contributed by atoms with E-state index in [4.69, 9.17) is 0 Å². The first-order chi connectivity index (χ1) is 16.5. The first-order valence-electron chi connectivity index (χ1n) is 13.2. The van der Waals surface area contributed by atoms with Gasteiger partial charge in [0.25, 0.3) is 0 Å². The maximum Gasteiger partial charge on any atom is 0.321 e. The summed E-state index contributed by atoms with van der Waals surface area (Å²) in [4.78, 5) is 39.4. The van der Waals surface area contributed by atoms with Crippen molar-refractivity contribution in [3.8, 4) is 0 Å². The van der Waals surface area contributed by atoms with Crippen LogP contribution in [0.1, 0.15) is 70.6 Å². The lowest BCUT2D eigenvalue weighted by Crippen LogP contribution is -2.48. The third-order valence-electron chi connectivity index (χ3n) is 8.46. The lowest BCUT2D eigenvalue weighted by Gasteiger charge is -2.56. The van der Waals surface area contributed by atoms with Crippen molar-refractivity contribution in [1.82, 2.24) is 10.2 Å². The molecule has 3 N–H and O–H groups in total. The maximum absolute atomic E-state index is 12.6. The number of carbonyl (C=O) groups excluding carboxylic acids is 3. The van der Waals surface area contributed by atoms with Crippen LogP contribution in [-0.2, 0) is 9.59 Å². The molecule has 1 aromatic rings. The summed E-state index contributed by atoms with van der Waals surface area (Å²) in [5.74, 6) is 2.22. The van der Waals surface area contributed by atoms with Gasteiger partial charge in [-0.3, -0.25) is 9.59 Å². The van der Waals surface area contributed by atoms with Crippen molar-refractivity contribution >= 4 is 29.2 Å². The van der Waals surface area contributed by atoms with E-state index in [1.807, 2.05) is 4.90 Å². The fourth-order valence-corrected chi connectivity index (χ4v) is 7.41. The van der Waals surface area contributed by atoms with E-state index in [-0.39, 0.29) is 29.8 Å². The van der Waals surface area contributed by atoms with Crippen molar-refractivity contribution in [2.45, 2.75) is 70.6 Å². The number of hydrogen-bond donors (Lipinski definition) is 3. The van der Waals surface area contributed by atoms with Crippen LogP contribution in [0.15, 0.2) is 24.3 Å². The van der Waals surface area contributed by atoms with Crippen LogP contribution in [0.4, 0.5) is 16.2 Å². The molecule has 4 saturated carbocycles. The molecule has 5 aliphatic rings. The predicted octanol–water partition coefficient (Wildman–Crippen LogP) is 4.76. The Bertz CT molecular complexity index is 870. The molecule has 7 heteroatoms. The second-order valence-electron chi connectivity index (χ2n) is 11.3. The van der Waals surface area contributed by atoms with Gasteiger partial charge in [0.2, 0.25) is 11.8 Å². The summed E-state index contributed by atoms with van der Waals surface area (Å²) < 4.78 is 0. The highest BCUT2D eigenvalue weighted by Crippen LogP contribution is 2.61. The zero-order valence-electron chi connectivity index (χ0n) is 20.1. The zero-order valence-corrected chi connectivity index (χ0v) is 20.1. The van der Waals surface area contributed by atoms with Crippen LogP contribution in [0.5, 0.6) is 0 Å². The third-order valence-corrected chi connectivity index (χ3v) is 8.46. The second-order valence-corrected chi connectivity index (χ2v) is 11.3. The second kappa shape index (κ2) is 9.96. The minimum atomic E-state index is -0.236. The van der Waals surface area contributed by atoms with Gasteiger partial charge in [-0.25, -0.2) is 4.79 Å². The van der Waals surface area contributed by atoms with Crippen LogP contribution in [0.3, 0.4) is 0 Å². The highest BCUT2D eigenvalue weighted by atomic mass is 16.2. The number of hydrogen-bond acceptors (Lipinski definition) is 3. The van der Waals surface area contributed by atoms with Gasteiger partial charge in [-0.15, -0.1) is 0 Å². The monoisotopic (exact) mass is 466 g/mol. The van der Waals surface area contributed by atoms with Gasteiger partial charge < -0.3 is 20.9 Å². The molecule has 1 heterocycles. The van der Waals surface area contributed by atoms with Crippen LogP contribution in [0.2, 0.25) is 0 Å². The molecule has 4 aliphatic carbocycles. The predicted molar refractivity (Wildman–Crippen MR) is 132 cm³/mol. The highest BCUT2D eigenvalue weighted by molar-refractivity contribution is 5.95. The van der Waals surface area contributed by atoms with Crippen LogP contribution in [0.25, 0.3) is 0 Å². The molecular formula is C27H38N4O3. The van der Waals surface area contributed by atoms with Crippen LogP contribution >= 0.6 is 0 Å². The minimum Gasteiger partial charge on any atom is -0.347 e. The number of amides is 4. The smallest absolute Gasteiger partial charge is 0.321 e. The topological polar surface area (TPSA) is 90.5 Å². The Morgan fingerprint density at radius 2 is 1.29 bits per heavy atom. The molecule has 0 aromatic heterocycles. The molecular weight excluding hydrogens is 428 g/mol. The van der Waals surface area contributed by atoms with E-state index in [0.717, 1.165) is 43.7 Å². The van der Waals surface area contributed by atoms with Crippen molar-refractivity contribution < 1.29 is 14.4 Å². The van der Waals surface area contributed by atoms with Crippen molar-refractivity contribution in [2.75, 3.05) is 30.3 Å². The van der Waals surface area contributed by atoms with Gasteiger partial charge in [0, 0.05) is 30.9 Å². The number of likely N-dealkylation sites (tertiary alicyclic amines) is 1. The summed E-state index contributed by atoms with van der Waals surface area (Å²) in [5.41, 5.74) is 1.53. The summed E-state index contributed by atoms with van der Waals surface area (Å²) in [6, 6.07) is 7.05. The molecule has 0 unspecified atom stereocenters. The number of urea groups is 1. The fraction of sp³-hybridized carbons (Fsp3) is 0.667. The van der Waals surface area contributed by atoms with E-state index in [9.17, 15) is 14.4 Å². The van der Waals surface area contributed by atoms with E-state index in [1.165, 1.54) is 51.4 Å². The first-order valence-corrected chi connectivity index (χ1v) is 13.2. The molecule has 1 saturated heterocycles. The van der Waals surface area contributed by atoms with Gasteiger partial charge in [0.15, 0.2) is 0 Å². The molecule has 5 fully saturated rings. The van der Waals surface area contributed by atoms with Crippen molar-refractivity contribution in [1.29, 1.82) is 0 Å². The normalized spacial score (nSPS) is 29.9. The van der Waals surface area contributed by atoms with Gasteiger partial charge in [-0.05, 0) is 98.8 Å². The Hall–Kier alpha value is -2.57. The zero-order chi connectivity index (χ0) is 23.5. The molecule has 7 nitrogen and oxygen atoms in total. The Morgan fingerprint density at radius 1 is 0.765 bits per heavy atom. The van der Waals surface area contributed by atoms with E-state index < -0.39 is 0 Å². The molecule has 184 valence electrons. The minimum absolute atomic E-state index is 0.00340. The average Bonchev–Trinajstić information content (AvgIpc) is 3.08. The number of anilines is 2. The molecule has 0 radical (unpaired) electrons. The van der Waals surface area contributed by atoms with Gasteiger partial charge in [0.1, 0.15) is 0 Å². The molecule has 34 heavy (non-hydrogen) atoms. The quantitative estimate of drug-likeness (QED) is 0.565. The highest BCUT2D eigenvalue weighted by Gasteiger charge is 2.51. The third kappa shape index (κ3) is 5.56. The Balaban J connectivity index is 1.05. The molecule has 4 amide bonds. The largest absolute Gasteiger partial charge is 0.347 e. The molecule has 0 atom stereocenters. The van der Waals surface area contributed by atoms with Gasteiger partial charge in [-0.1, -0.05) is 12.8 Å². The van der Waals surface area contributed by atoms with Crippen LogP contribution in [0, 0.1) is 23.2 Å². The molecule has 4 bridgehead atoms. The Kier molecular flexibility index (Phi) is 6.79. The van der Waals surface area contributed by atoms with Gasteiger partial charge >= 0.3 is 6.03 Å². The molecule has 0 spiro atoms. The van der Waals surface area contributed by atoms with Crippen molar-refractivity contribution in [3.63, 3.8) is 0 Å². The van der Waals surface area contributed by atoms with Gasteiger partial charge in [-0.2, -0.15) is 0 Å². The summed E-state index contributed by atoms with van der Waals surface area (Å²) in [6.07, 6.45) is 12.7. The number of rotatable bonds is 6. The Morgan fingerprint density at radius 3 is 1.85 bits per heavy atom.